The second-order valence-electron chi connectivity index (χ2n) is 3.06. The Bertz CT molecular complexity index is 363. The van der Waals surface area contributed by atoms with E-state index in [4.69, 9.17) is 4.74 Å². The minimum atomic E-state index is -0.312. The van der Waals surface area contributed by atoms with Crippen LogP contribution < -0.4 is 0 Å². The Morgan fingerprint density at radius 2 is 2.27 bits per heavy atom. The van der Waals surface area contributed by atoms with E-state index in [-0.39, 0.29) is 5.97 Å². The molecule has 0 saturated carbocycles. The summed E-state index contributed by atoms with van der Waals surface area (Å²) in [5.74, 6) is -0.312. The summed E-state index contributed by atoms with van der Waals surface area (Å²) in [5.41, 5.74) is 2.12. The Balaban J connectivity index is 2.84. The molecule has 0 aliphatic carbocycles. The van der Waals surface area contributed by atoms with Gasteiger partial charge in [0.15, 0.2) is 0 Å². The Morgan fingerprint density at radius 3 is 2.87 bits per heavy atom. The summed E-state index contributed by atoms with van der Waals surface area (Å²) in [5, 5.41) is 0. The number of esters is 1. The fourth-order valence-corrected chi connectivity index (χ4v) is 1.80. The fourth-order valence-electron chi connectivity index (χ4n) is 1.20. The third-order valence-electron chi connectivity index (χ3n) is 1.94. The van der Waals surface area contributed by atoms with Gasteiger partial charge >= 0.3 is 5.97 Å². The highest BCUT2D eigenvalue weighted by Crippen LogP contribution is 2.21. The van der Waals surface area contributed by atoms with Crippen LogP contribution in [-0.2, 0) is 9.53 Å². The van der Waals surface area contributed by atoms with Crippen molar-refractivity contribution in [3.63, 3.8) is 0 Å². The first kappa shape index (κ1) is 12.0. The molecule has 1 aromatic carbocycles. The molecule has 3 heteroatoms. The standard InChI is InChI=1S/C12H13BrO2/c1-3-15-12(14)8-7-10-9(2)5-4-6-11(10)13/h4-8H,3H2,1-2H3. The monoisotopic (exact) mass is 268 g/mol. The molecule has 2 nitrogen and oxygen atoms in total. The smallest absolute Gasteiger partial charge is 0.330 e. The summed E-state index contributed by atoms with van der Waals surface area (Å²) in [6.07, 6.45) is 3.20. The zero-order valence-electron chi connectivity index (χ0n) is 8.79. The number of carbonyl (C=O) groups excluding carboxylic acids is 1. The molecule has 0 aliphatic heterocycles. The van der Waals surface area contributed by atoms with Gasteiger partial charge < -0.3 is 4.74 Å². The van der Waals surface area contributed by atoms with Crippen molar-refractivity contribution in [3.05, 3.63) is 39.9 Å². The molecule has 0 fully saturated rings. The zero-order chi connectivity index (χ0) is 11.3. The molecule has 0 amide bonds. The maximum Gasteiger partial charge on any atom is 0.330 e. The molecule has 0 atom stereocenters. The van der Waals surface area contributed by atoms with Gasteiger partial charge in [-0.25, -0.2) is 4.79 Å². The molecule has 0 unspecified atom stereocenters. The van der Waals surface area contributed by atoms with E-state index in [1.807, 2.05) is 25.1 Å². The minimum Gasteiger partial charge on any atom is -0.463 e. The van der Waals surface area contributed by atoms with Crippen LogP contribution in [0.1, 0.15) is 18.1 Å². The van der Waals surface area contributed by atoms with Gasteiger partial charge in [0.05, 0.1) is 6.61 Å². The number of hydrogen-bond donors (Lipinski definition) is 0. The average Bonchev–Trinajstić information content (AvgIpc) is 2.17. The lowest BCUT2D eigenvalue weighted by Gasteiger charge is -2.02. The predicted molar refractivity (Wildman–Crippen MR) is 64.5 cm³/mol. The summed E-state index contributed by atoms with van der Waals surface area (Å²) < 4.78 is 5.78. The Hall–Kier alpha value is -1.09. The number of hydrogen-bond acceptors (Lipinski definition) is 2. The van der Waals surface area contributed by atoms with Gasteiger partial charge in [0.2, 0.25) is 0 Å². The van der Waals surface area contributed by atoms with E-state index < -0.39 is 0 Å². The van der Waals surface area contributed by atoms with Crippen LogP contribution >= 0.6 is 15.9 Å². The number of ether oxygens (including phenoxy) is 1. The van der Waals surface area contributed by atoms with Gasteiger partial charge in [-0.05, 0) is 37.1 Å². The van der Waals surface area contributed by atoms with Gasteiger partial charge in [-0.2, -0.15) is 0 Å². The second kappa shape index (κ2) is 5.71. The van der Waals surface area contributed by atoms with E-state index in [2.05, 4.69) is 15.9 Å². The molecule has 0 bridgehead atoms. The topological polar surface area (TPSA) is 26.3 Å². The van der Waals surface area contributed by atoms with Crippen LogP contribution in [-0.4, -0.2) is 12.6 Å². The van der Waals surface area contributed by atoms with Gasteiger partial charge in [0.25, 0.3) is 0 Å². The van der Waals surface area contributed by atoms with E-state index in [0.717, 1.165) is 15.6 Å². The average molecular weight is 269 g/mol. The molecule has 0 N–H and O–H groups in total. The predicted octanol–water partition coefficient (Wildman–Crippen LogP) is 3.33. The molecule has 80 valence electrons. The van der Waals surface area contributed by atoms with Crippen LogP contribution in [0.15, 0.2) is 28.7 Å². The molecule has 0 spiro atoms. The van der Waals surface area contributed by atoms with Crippen LogP contribution in [0, 0.1) is 6.92 Å². The van der Waals surface area contributed by atoms with Crippen LogP contribution in [0.4, 0.5) is 0 Å². The summed E-state index contributed by atoms with van der Waals surface area (Å²) >= 11 is 3.43. The normalized spacial score (nSPS) is 10.6. The van der Waals surface area contributed by atoms with Crippen LogP contribution in [0.2, 0.25) is 0 Å². The molecule has 0 heterocycles. The van der Waals surface area contributed by atoms with Crippen molar-refractivity contribution in [2.75, 3.05) is 6.61 Å². The Labute approximate surface area is 98.1 Å². The van der Waals surface area contributed by atoms with Crippen molar-refractivity contribution < 1.29 is 9.53 Å². The van der Waals surface area contributed by atoms with E-state index in [1.54, 1.807) is 13.0 Å². The maximum absolute atomic E-state index is 11.1. The summed E-state index contributed by atoms with van der Waals surface area (Å²) in [6.45, 7) is 4.18. The summed E-state index contributed by atoms with van der Waals surface area (Å²) in [7, 11) is 0. The Morgan fingerprint density at radius 1 is 1.53 bits per heavy atom. The molecule has 1 rings (SSSR count). The van der Waals surface area contributed by atoms with Crippen LogP contribution in [0.5, 0.6) is 0 Å². The first-order valence-corrected chi connectivity index (χ1v) is 5.54. The number of carbonyl (C=O) groups is 1. The number of rotatable bonds is 3. The van der Waals surface area contributed by atoms with Crippen molar-refractivity contribution in [3.8, 4) is 0 Å². The van der Waals surface area contributed by atoms with Crippen molar-refractivity contribution in [2.45, 2.75) is 13.8 Å². The van der Waals surface area contributed by atoms with Gasteiger partial charge in [-0.1, -0.05) is 28.1 Å². The minimum absolute atomic E-state index is 0.312. The van der Waals surface area contributed by atoms with Gasteiger partial charge in [-0.3, -0.25) is 0 Å². The van der Waals surface area contributed by atoms with Crippen molar-refractivity contribution in [2.24, 2.45) is 0 Å². The van der Waals surface area contributed by atoms with E-state index in [0.29, 0.717) is 6.61 Å². The summed E-state index contributed by atoms with van der Waals surface area (Å²) in [4.78, 5) is 11.1. The van der Waals surface area contributed by atoms with E-state index >= 15 is 0 Å². The largest absolute Gasteiger partial charge is 0.463 e. The molecule has 0 radical (unpaired) electrons. The molecule has 1 aromatic rings. The zero-order valence-corrected chi connectivity index (χ0v) is 10.4. The van der Waals surface area contributed by atoms with Crippen molar-refractivity contribution in [1.29, 1.82) is 0 Å². The van der Waals surface area contributed by atoms with Gasteiger partial charge in [0, 0.05) is 10.5 Å². The van der Waals surface area contributed by atoms with E-state index in [1.165, 1.54) is 6.08 Å². The lowest BCUT2D eigenvalue weighted by atomic mass is 10.1. The Kier molecular flexibility index (Phi) is 4.56. The molecular weight excluding hydrogens is 256 g/mol. The molecule has 0 saturated heterocycles. The lowest BCUT2D eigenvalue weighted by molar-refractivity contribution is -0.137. The molecular formula is C12H13BrO2. The third kappa shape index (κ3) is 3.51. The SMILES string of the molecule is CCOC(=O)C=Cc1c(C)cccc1Br. The highest BCUT2D eigenvalue weighted by molar-refractivity contribution is 9.10. The fraction of sp³-hybridized carbons (Fsp3) is 0.250. The molecule has 15 heavy (non-hydrogen) atoms. The number of benzene rings is 1. The highest BCUT2D eigenvalue weighted by Gasteiger charge is 2.00. The first-order valence-electron chi connectivity index (χ1n) is 4.75. The maximum atomic E-state index is 11.1. The van der Waals surface area contributed by atoms with Gasteiger partial charge in [-0.15, -0.1) is 0 Å². The van der Waals surface area contributed by atoms with Crippen molar-refractivity contribution in [1.82, 2.24) is 0 Å². The van der Waals surface area contributed by atoms with E-state index in [9.17, 15) is 4.79 Å². The number of halogens is 1. The number of aryl methyl sites for hydroxylation is 1. The molecule has 0 aromatic heterocycles. The molecule has 0 aliphatic rings. The summed E-state index contributed by atoms with van der Waals surface area (Å²) in [6, 6.07) is 5.90. The quantitative estimate of drug-likeness (QED) is 0.621. The van der Waals surface area contributed by atoms with Gasteiger partial charge in [0.1, 0.15) is 0 Å². The lowest BCUT2D eigenvalue weighted by Crippen LogP contribution is -1.98. The van der Waals surface area contributed by atoms with Crippen LogP contribution in [0.25, 0.3) is 6.08 Å². The van der Waals surface area contributed by atoms with Crippen molar-refractivity contribution >= 4 is 28.0 Å². The third-order valence-corrected chi connectivity index (χ3v) is 2.64. The first-order chi connectivity index (χ1) is 7.15. The van der Waals surface area contributed by atoms with Crippen LogP contribution in [0.3, 0.4) is 0 Å². The second-order valence-corrected chi connectivity index (χ2v) is 3.91. The highest BCUT2D eigenvalue weighted by atomic mass is 79.9.